The van der Waals surface area contributed by atoms with Crippen molar-refractivity contribution in [2.75, 3.05) is 0 Å². The van der Waals surface area contributed by atoms with Crippen LogP contribution in [0.2, 0.25) is 0 Å². The van der Waals surface area contributed by atoms with E-state index in [1.54, 1.807) is 12.1 Å². The first kappa shape index (κ1) is 29.6. The SMILES string of the molecule is CCCCCCCCCCCCCc1ccc([O-])cc1Oc1ccccc1S(=O)(=O)O.[K+]. The Hall–Kier alpha value is -0.414. The Morgan fingerprint density at radius 3 is 1.97 bits per heavy atom. The van der Waals surface area contributed by atoms with Gasteiger partial charge in [-0.1, -0.05) is 95.4 Å². The maximum absolute atomic E-state index is 11.8. The fraction of sp³-hybridized carbons (Fsp3) is 0.520. The molecular formula is C25H35KO5S. The summed E-state index contributed by atoms with van der Waals surface area (Å²) in [7, 11) is -4.42. The van der Waals surface area contributed by atoms with E-state index in [1.807, 2.05) is 0 Å². The molecule has 0 amide bonds. The molecule has 0 aliphatic carbocycles. The van der Waals surface area contributed by atoms with E-state index in [1.165, 1.54) is 88.1 Å². The number of unbranched alkanes of at least 4 members (excludes halogenated alkanes) is 10. The van der Waals surface area contributed by atoms with Crippen LogP contribution in [0.15, 0.2) is 47.4 Å². The van der Waals surface area contributed by atoms with E-state index in [9.17, 15) is 18.1 Å². The molecule has 2 aromatic rings. The molecule has 0 saturated carbocycles. The van der Waals surface area contributed by atoms with Gasteiger partial charge in [0.1, 0.15) is 16.4 Å². The Kier molecular flexibility index (Phi) is 15.0. The van der Waals surface area contributed by atoms with Gasteiger partial charge in [-0.05, 0) is 36.6 Å². The third-order valence-electron chi connectivity index (χ3n) is 5.44. The number of para-hydroxylation sites is 1. The fourth-order valence-corrected chi connectivity index (χ4v) is 4.30. The Morgan fingerprint density at radius 1 is 0.812 bits per heavy atom. The molecule has 172 valence electrons. The van der Waals surface area contributed by atoms with Crippen LogP contribution >= 0.6 is 0 Å². The number of ether oxygens (including phenoxy) is 1. The quantitative estimate of drug-likeness (QED) is 0.236. The van der Waals surface area contributed by atoms with E-state index in [0.29, 0.717) is 5.75 Å². The predicted molar refractivity (Wildman–Crippen MR) is 122 cm³/mol. The molecule has 2 rings (SSSR count). The van der Waals surface area contributed by atoms with Crippen LogP contribution in [0, 0.1) is 0 Å². The zero-order chi connectivity index (χ0) is 22.5. The molecule has 0 aliphatic rings. The largest absolute Gasteiger partial charge is 1.00 e. The first-order valence-electron chi connectivity index (χ1n) is 11.5. The summed E-state index contributed by atoms with van der Waals surface area (Å²) in [5, 5.41) is 11.8. The molecular weight excluding hydrogens is 451 g/mol. The van der Waals surface area contributed by atoms with Gasteiger partial charge in [-0.3, -0.25) is 4.55 Å². The maximum Gasteiger partial charge on any atom is 1.00 e. The summed E-state index contributed by atoms with van der Waals surface area (Å²) in [6.07, 6.45) is 14.6. The first-order chi connectivity index (χ1) is 14.9. The topological polar surface area (TPSA) is 86.7 Å². The zero-order valence-electron chi connectivity index (χ0n) is 19.5. The van der Waals surface area contributed by atoms with E-state index in [2.05, 4.69) is 6.92 Å². The van der Waals surface area contributed by atoms with Gasteiger partial charge in [0.25, 0.3) is 10.1 Å². The molecule has 0 radical (unpaired) electrons. The zero-order valence-corrected chi connectivity index (χ0v) is 23.5. The van der Waals surface area contributed by atoms with Crippen molar-refractivity contribution >= 4 is 10.1 Å². The van der Waals surface area contributed by atoms with Gasteiger partial charge >= 0.3 is 51.4 Å². The molecule has 0 heterocycles. The molecule has 7 heteroatoms. The molecule has 1 N–H and O–H groups in total. The molecule has 0 fully saturated rings. The average molecular weight is 487 g/mol. The second kappa shape index (κ2) is 16.3. The molecule has 0 unspecified atom stereocenters. The van der Waals surface area contributed by atoms with Crippen LogP contribution in [0.1, 0.15) is 83.1 Å². The van der Waals surface area contributed by atoms with E-state index in [0.717, 1.165) is 24.8 Å². The number of benzene rings is 2. The van der Waals surface area contributed by atoms with Gasteiger partial charge in [0, 0.05) is 0 Å². The van der Waals surface area contributed by atoms with Gasteiger partial charge in [-0.15, -0.1) is 5.75 Å². The smallest absolute Gasteiger partial charge is 0.872 e. The van der Waals surface area contributed by atoms with Crippen molar-refractivity contribution < 1.29 is 74.2 Å². The number of rotatable bonds is 15. The summed E-state index contributed by atoms with van der Waals surface area (Å²) in [4.78, 5) is -0.313. The van der Waals surface area contributed by atoms with E-state index in [4.69, 9.17) is 4.74 Å². The van der Waals surface area contributed by atoms with Crippen molar-refractivity contribution in [3.8, 4) is 17.2 Å². The number of hydrogen-bond donors (Lipinski definition) is 1. The van der Waals surface area contributed by atoms with Gasteiger partial charge < -0.3 is 9.84 Å². The van der Waals surface area contributed by atoms with Crippen molar-refractivity contribution in [3.63, 3.8) is 0 Å². The minimum Gasteiger partial charge on any atom is -0.872 e. The minimum atomic E-state index is -4.42. The normalized spacial score (nSPS) is 11.2. The summed E-state index contributed by atoms with van der Waals surface area (Å²) in [5.41, 5.74) is 0.862. The Labute approximate surface area is 236 Å². The van der Waals surface area contributed by atoms with Gasteiger partial charge in [0.15, 0.2) is 0 Å². The molecule has 0 atom stereocenters. The summed E-state index contributed by atoms with van der Waals surface area (Å²) < 4.78 is 38.4. The fourth-order valence-electron chi connectivity index (χ4n) is 3.68. The van der Waals surface area contributed by atoms with Crippen LogP contribution in [-0.4, -0.2) is 13.0 Å². The average Bonchev–Trinajstić information content (AvgIpc) is 2.73. The second-order valence-electron chi connectivity index (χ2n) is 8.08. The Balaban J connectivity index is 0.00000512. The Morgan fingerprint density at radius 2 is 1.38 bits per heavy atom. The molecule has 2 aromatic carbocycles. The predicted octanol–water partition coefficient (Wildman–Crippen LogP) is 3.66. The van der Waals surface area contributed by atoms with Crippen LogP contribution in [0.4, 0.5) is 0 Å². The van der Waals surface area contributed by atoms with Gasteiger partial charge in [0.05, 0.1) is 0 Å². The van der Waals surface area contributed by atoms with Crippen LogP contribution in [0.5, 0.6) is 17.2 Å². The molecule has 0 aromatic heterocycles. The third kappa shape index (κ3) is 11.1. The molecule has 5 nitrogen and oxygen atoms in total. The van der Waals surface area contributed by atoms with Crippen molar-refractivity contribution in [2.45, 2.75) is 88.9 Å². The van der Waals surface area contributed by atoms with E-state index in [-0.39, 0.29) is 67.8 Å². The monoisotopic (exact) mass is 486 g/mol. The van der Waals surface area contributed by atoms with Gasteiger partial charge in [-0.25, -0.2) is 0 Å². The molecule has 0 bridgehead atoms. The first-order valence-corrected chi connectivity index (χ1v) is 12.9. The van der Waals surface area contributed by atoms with Gasteiger partial charge in [0.2, 0.25) is 0 Å². The molecule has 0 spiro atoms. The summed E-state index contributed by atoms with van der Waals surface area (Å²) in [5.74, 6) is 0.147. The summed E-state index contributed by atoms with van der Waals surface area (Å²) >= 11 is 0. The molecule has 0 aliphatic heterocycles. The van der Waals surface area contributed by atoms with Crippen molar-refractivity contribution in [2.24, 2.45) is 0 Å². The van der Waals surface area contributed by atoms with E-state index < -0.39 is 10.1 Å². The summed E-state index contributed by atoms with van der Waals surface area (Å²) in [6.45, 7) is 2.24. The van der Waals surface area contributed by atoms with Crippen molar-refractivity contribution in [3.05, 3.63) is 48.0 Å². The van der Waals surface area contributed by atoms with Crippen LogP contribution in [-0.2, 0) is 16.5 Å². The summed E-state index contributed by atoms with van der Waals surface area (Å²) in [6, 6.07) is 10.5. The van der Waals surface area contributed by atoms with Crippen LogP contribution < -0.4 is 61.2 Å². The van der Waals surface area contributed by atoms with Gasteiger partial charge in [-0.2, -0.15) is 8.42 Å². The number of hydrogen-bond acceptors (Lipinski definition) is 4. The number of aryl methyl sites for hydroxylation is 1. The van der Waals surface area contributed by atoms with Crippen molar-refractivity contribution in [1.29, 1.82) is 0 Å². The standard InChI is InChI=1S/C25H36O5S.K/c1-2-3-4-5-6-7-8-9-10-11-12-15-21-18-19-22(26)20-24(21)30-23-16-13-14-17-25(23)31(27,28)29;/h13-14,16-20,26H,2-12,15H2,1H3,(H,27,28,29);/q;+1/p-1. The van der Waals surface area contributed by atoms with E-state index >= 15 is 0 Å². The molecule has 32 heavy (non-hydrogen) atoms. The second-order valence-corrected chi connectivity index (χ2v) is 9.47. The third-order valence-corrected chi connectivity index (χ3v) is 6.33. The van der Waals surface area contributed by atoms with Crippen LogP contribution in [0.3, 0.4) is 0 Å². The van der Waals surface area contributed by atoms with Crippen molar-refractivity contribution in [1.82, 2.24) is 0 Å². The maximum atomic E-state index is 11.8. The minimum absolute atomic E-state index is 0. The molecule has 0 saturated heterocycles. The Bertz CT molecular complexity index is 899. The van der Waals surface area contributed by atoms with Crippen LogP contribution in [0.25, 0.3) is 0 Å².